The van der Waals surface area contributed by atoms with Crippen molar-refractivity contribution in [3.8, 4) is 10.4 Å². The van der Waals surface area contributed by atoms with E-state index < -0.39 is 0 Å². The second kappa shape index (κ2) is 6.31. The molecule has 23 heavy (non-hydrogen) atoms. The largest absolute Gasteiger partial charge is 0.361 e. The number of hydrogen-bond acceptors (Lipinski definition) is 5. The first-order chi connectivity index (χ1) is 11.0. The Morgan fingerprint density at radius 2 is 2.09 bits per heavy atom. The molecule has 3 aromatic heterocycles. The van der Waals surface area contributed by atoms with Crippen molar-refractivity contribution >= 4 is 46.3 Å². The van der Waals surface area contributed by atoms with Gasteiger partial charge in [-0.3, -0.25) is 4.79 Å². The molecule has 1 N–H and O–H groups in total. The van der Waals surface area contributed by atoms with Gasteiger partial charge in [-0.25, -0.2) is 4.98 Å². The number of nitrogens with one attached hydrogen (secondary N) is 1. The fourth-order valence-electron chi connectivity index (χ4n) is 2.10. The summed E-state index contributed by atoms with van der Waals surface area (Å²) in [7, 11) is 0. The second-order valence-corrected chi connectivity index (χ2v) is 6.73. The van der Waals surface area contributed by atoms with Crippen LogP contribution in [0, 0.1) is 13.8 Å². The van der Waals surface area contributed by atoms with Gasteiger partial charge in [-0.2, -0.15) is 0 Å². The van der Waals surface area contributed by atoms with Crippen LogP contribution < -0.4 is 5.32 Å². The predicted octanol–water partition coefficient (Wildman–Crippen LogP) is 4.97. The molecule has 8 heteroatoms. The van der Waals surface area contributed by atoms with Crippen LogP contribution >= 0.6 is 34.5 Å². The Morgan fingerprint density at radius 1 is 1.30 bits per heavy atom. The number of halogens is 2. The van der Waals surface area contributed by atoms with E-state index in [4.69, 9.17) is 27.7 Å². The van der Waals surface area contributed by atoms with Gasteiger partial charge in [0.1, 0.15) is 5.76 Å². The third kappa shape index (κ3) is 3.24. The summed E-state index contributed by atoms with van der Waals surface area (Å²) < 4.78 is 5.16. The molecule has 0 unspecified atom stereocenters. The normalized spacial score (nSPS) is 10.8. The molecule has 0 saturated carbocycles. The molecule has 0 fully saturated rings. The smallest absolute Gasteiger partial charge is 0.266 e. The molecule has 1 amide bonds. The van der Waals surface area contributed by atoms with Crippen LogP contribution in [0.2, 0.25) is 10.0 Å². The van der Waals surface area contributed by atoms with Crippen molar-refractivity contribution in [3.05, 3.63) is 50.8 Å². The van der Waals surface area contributed by atoms with Crippen molar-refractivity contribution in [2.45, 2.75) is 13.8 Å². The van der Waals surface area contributed by atoms with Crippen LogP contribution in [0.15, 0.2) is 28.9 Å². The molecule has 0 atom stereocenters. The van der Waals surface area contributed by atoms with Crippen LogP contribution in [0.3, 0.4) is 0 Å². The van der Waals surface area contributed by atoms with Crippen molar-refractivity contribution in [2.75, 3.05) is 5.32 Å². The zero-order chi connectivity index (χ0) is 16.6. The lowest BCUT2D eigenvalue weighted by atomic mass is 10.2. The van der Waals surface area contributed by atoms with Crippen LogP contribution in [0.4, 0.5) is 5.82 Å². The molecule has 0 aromatic carbocycles. The number of aryl methyl sites for hydroxylation is 2. The number of carbonyl (C=O) groups is 1. The van der Waals surface area contributed by atoms with E-state index in [0.29, 0.717) is 9.90 Å². The fourth-order valence-corrected chi connectivity index (χ4v) is 3.58. The van der Waals surface area contributed by atoms with Crippen LogP contribution in [-0.2, 0) is 0 Å². The zero-order valence-corrected chi connectivity index (χ0v) is 14.5. The maximum Gasteiger partial charge on any atom is 0.266 e. The number of amides is 1. The summed E-state index contributed by atoms with van der Waals surface area (Å²) in [5.41, 5.74) is 1.70. The number of rotatable bonds is 3. The average Bonchev–Trinajstić information content (AvgIpc) is 3.09. The molecule has 0 bridgehead atoms. The van der Waals surface area contributed by atoms with E-state index in [1.807, 2.05) is 19.9 Å². The molecule has 0 spiro atoms. The molecule has 3 heterocycles. The summed E-state index contributed by atoms with van der Waals surface area (Å²) >= 11 is 13.1. The lowest BCUT2D eigenvalue weighted by molar-refractivity contribution is 0.103. The van der Waals surface area contributed by atoms with Gasteiger partial charge in [-0.15, -0.1) is 11.3 Å². The highest BCUT2D eigenvalue weighted by Gasteiger charge is 2.17. The van der Waals surface area contributed by atoms with E-state index >= 15 is 0 Å². The summed E-state index contributed by atoms with van der Waals surface area (Å²) in [5.74, 6) is 0.705. The molecule has 0 aliphatic rings. The van der Waals surface area contributed by atoms with Gasteiger partial charge in [0, 0.05) is 11.1 Å². The maximum absolute atomic E-state index is 12.3. The third-order valence-corrected chi connectivity index (χ3v) is 4.75. The number of hydrogen-bond donors (Lipinski definition) is 1. The van der Waals surface area contributed by atoms with Gasteiger partial charge in [-0.1, -0.05) is 28.4 Å². The second-order valence-electron chi connectivity index (χ2n) is 4.80. The first kappa shape index (κ1) is 16.0. The monoisotopic (exact) mass is 367 g/mol. The Labute approximate surface area is 146 Å². The van der Waals surface area contributed by atoms with E-state index in [1.165, 1.54) is 23.6 Å². The van der Waals surface area contributed by atoms with Crippen LogP contribution in [0.25, 0.3) is 10.4 Å². The molecule has 118 valence electrons. The van der Waals surface area contributed by atoms with Gasteiger partial charge in [0.2, 0.25) is 0 Å². The number of pyridine rings is 1. The van der Waals surface area contributed by atoms with Gasteiger partial charge < -0.3 is 9.84 Å². The Hall–Kier alpha value is -1.89. The molecule has 0 aliphatic carbocycles. The highest BCUT2D eigenvalue weighted by molar-refractivity contribution is 7.17. The van der Waals surface area contributed by atoms with Crippen molar-refractivity contribution in [3.63, 3.8) is 0 Å². The topological polar surface area (TPSA) is 68.0 Å². The summed E-state index contributed by atoms with van der Waals surface area (Å²) in [6.45, 7) is 3.70. The van der Waals surface area contributed by atoms with Gasteiger partial charge in [0.15, 0.2) is 5.82 Å². The summed E-state index contributed by atoms with van der Waals surface area (Å²) in [6, 6.07) is 5.13. The lowest BCUT2D eigenvalue weighted by Crippen LogP contribution is -2.11. The maximum atomic E-state index is 12.3. The molecular formula is C15H11Cl2N3O2S. The van der Waals surface area contributed by atoms with Crippen molar-refractivity contribution in [2.24, 2.45) is 0 Å². The highest BCUT2D eigenvalue weighted by atomic mass is 35.5. The molecule has 5 nitrogen and oxygen atoms in total. The zero-order valence-electron chi connectivity index (χ0n) is 12.2. The Bertz CT molecular complexity index is 869. The van der Waals surface area contributed by atoms with Crippen molar-refractivity contribution in [1.29, 1.82) is 0 Å². The molecule has 0 saturated heterocycles. The lowest BCUT2D eigenvalue weighted by Gasteiger charge is -2.04. The quantitative estimate of drug-likeness (QED) is 0.708. The summed E-state index contributed by atoms with van der Waals surface area (Å²) in [4.78, 5) is 17.8. The van der Waals surface area contributed by atoms with E-state index in [2.05, 4.69) is 15.5 Å². The molecule has 0 aliphatic heterocycles. The number of aromatic nitrogens is 2. The number of anilines is 1. The molecule has 0 radical (unpaired) electrons. The van der Waals surface area contributed by atoms with Crippen molar-refractivity contribution in [1.82, 2.24) is 10.1 Å². The van der Waals surface area contributed by atoms with E-state index in [9.17, 15) is 4.79 Å². The predicted molar refractivity (Wildman–Crippen MR) is 91.5 cm³/mol. The van der Waals surface area contributed by atoms with Gasteiger partial charge >= 0.3 is 0 Å². The standard InChI is InChI=1S/C15H11Cl2N3O2S/c1-7-13(8(2)22-20-7)11-3-4-12(23-11)15(21)19-14-10(17)5-9(16)6-18-14/h3-6H,1-2H3,(H,18,19,21). The summed E-state index contributed by atoms with van der Waals surface area (Å²) in [6.07, 6.45) is 1.42. The number of thiophene rings is 1. The Morgan fingerprint density at radius 3 is 2.74 bits per heavy atom. The fraction of sp³-hybridized carbons (Fsp3) is 0.133. The minimum Gasteiger partial charge on any atom is -0.361 e. The van der Waals surface area contributed by atoms with Crippen LogP contribution in [-0.4, -0.2) is 16.0 Å². The number of nitrogens with zero attached hydrogens (tertiary/aromatic N) is 2. The molecule has 3 aromatic rings. The molecule has 3 rings (SSSR count). The minimum absolute atomic E-state index is 0.272. The SMILES string of the molecule is Cc1noc(C)c1-c1ccc(C(=O)Nc2ncc(Cl)cc2Cl)s1. The first-order valence-electron chi connectivity index (χ1n) is 6.61. The molecular weight excluding hydrogens is 357 g/mol. The van der Waals surface area contributed by atoms with E-state index in [0.717, 1.165) is 21.9 Å². The van der Waals surface area contributed by atoms with Crippen molar-refractivity contribution < 1.29 is 9.32 Å². The van der Waals surface area contributed by atoms with Gasteiger partial charge in [0.05, 0.1) is 26.2 Å². The average molecular weight is 368 g/mol. The first-order valence-corrected chi connectivity index (χ1v) is 8.18. The van der Waals surface area contributed by atoms with E-state index in [-0.39, 0.29) is 16.7 Å². The summed E-state index contributed by atoms with van der Waals surface area (Å²) in [5, 5.41) is 7.29. The highest BCUT2D eigenvalue weighted by Crippen LogP contribution is 2.33. The number of carbonyl (C=O) groups excluding carboxylic acids is 1. The third-order valence-electron chi connectivity index (χ3n) is 3.15. The van der Waals surface area contributed by atoms with Crippen LogP contribution in [0.5, 0.6) is 0 Å². The van der Waals surface area contributed by atoms with Gasteiger partial charge in [-0.05, 0) is 32.0 Å². The van der Waals surface area contributed by atoms with Crippen LogP contribution in [0.1, 0.15) is 21.1 Å². The minimum atomic E-state index is -0.287. The van der Waals surface area contributed by atoms with Gasteiger partial charge in [0.25, 0.3) is 5.91 Å². The Balaban J connectivity index is 1.84. The van der Waals surface area contributed by atoms with E-state index in [1.54, 1.807) is 6.07 Å². The Kier molecular flexibility index (Phi) is 4.39.